The molecule has 1 aromatic heterocycles. The van der Waals surface area contributed by atoms with Crippen molar-refractivity contribution in [2.45, 2.75) is 19.1 Å². The Morgan fingerprint density at radius 3 is 2.90 bits per heavy atom. The van der Waals surface area contributed by atoms with Crippen molar-refractivity contribution < 1.29 is 19.9 Å². The number of benzene rings is 1. The number of hydrogen-bond donors (Lipinski definition) is 2. The molecule has 110 valence electrons. The van der Waals surface area contributed by atoms with Gasteiger partial charge < -0.3 is 10.2 Å². The summed E-state index contributed by atoms with van der Waals surface area (Å²) in [6.07, 6.45) is -0.146. The molecule has 21 heavy (non-hydrogen) atoms. The Hall–Kier alpha value is -2.81. The van der Waals surface area contributed by atoms with Gasteiger partial charge in [0.2, 0.25) is 0 Å². The van der Waals surface area contributed by atoms with E-state index in [9.17, 15) is 20.0 Å². The van der Waals surface area contributed by atoms with Gasteiger partial charge in [0.15, 0.2) is 5.82 Å². The number of aliphatic carboxylic acids is 1. The maximum absolute atomic E-state index is 10.7. The van der Waals surface area contributed by atoms with Crippen LogP contribution >= 0.6 is 0 Å². The average Bonchev–Trinajstić information content (AvgIpc) is 2.86. The van der Waals surface area contributed by atoms with Crippen LogP contribution in [0.15, 0.2) is 30.6 Å². The zero-order chi connectivity index (χ0) is 15.4. The smallest absolute Gasteiger partial charge is 0.306 e. The largest absolute Gasteiger partial charge is 0.481 e. The van der Waals surface area contributed by atoms with Gasteiger partial charge in [0.05, 0.1) is 24.0 Å². The fourth-order valence-electron chi connectivity index (χ4n) is 1.76. The second-order valence-corrected chi connectivity index (χ2v) is 4.35. The molecule has 0 aliphatic rings. The Morgan fingerprint density at radius 1 is 1.48 bits per heavy atom. The Morgan fingerprint density at radius 2 is 2.24 bits per heavy atom. The fourth-order valence-corrected chi connectivity index (χ4v) is 1.76. The molecule has 2 N–H and O–H groups in total. The highest BCUT2D eigenvalue weighted by atomic mass is 16.6. The number of nitro groups is 1. The summed E-state index contributed by atoms with van der Waals surface area (Å²) < 4.78 is 1.29. The van der Waals surface area contributed by atoms with Crippen molar-refractivity contribution in [3.8, 4) is 11.4 Å². The summed E-state index contributed by atoms with van der Waals surface area (Å²) in [4.78, 5) is 24.6. The molecule has 0 amide bonds. The first-order valence-corrected chi connectivity index (χ1v) is 6.00. The predicted molar refractivity (Wildman–Crippen MR) is 70.4 cm³/mol. The maximum Gasteiger partial charge on any atom is 0.306 e. The van der Waals surface area contributed by atoms with Gasteiger partial charge in [0.1, 0.15) is 6.33 Å². The van der Waals surface area contributed by atoms with Crippen LogP contribution in [-0.4, -0.2) is 42.0 Å². The van der Waals surface area contributed by atoms with E-state index in [0.29, 0.717) is 5.56 Å². The van der Waals surface area contributed by atoms with E-state index in [-0.39, 0.29) is 18.1 Å². The molecule has 0 saturated heterocycles. The summed E-state index contributed by atoms with van der Waals surface area (Å²) in [5.41, 5.74) is 0.394. The Kier molecular flexibility index (Phi) is 4.24. The highest BCUT2D eigenvalue weighted by Gasteiger charge is 2.13. The maximum atomic E-state index is 10.7. The molecule has 2 rings (SSSR count). The molecule has 0 saturated carbocycles. The highest BCUT2D eigenvalue weighted by Crippen LogP contribution is 2.20. The second-order valence-electron chi connectivity index (χ2n) is 4.35. The second kappa shape index (κ2) is 6.09. The van der Waals surface area contributed by atoms with Gasteiger partial charge in [-0.2, -0.15) is 5.10 Å². The van der Waals surface area contributed by atoms with E-state index in [1.54, 1.807) is 6.07 Å². The van der Waals surface area contributed by atoms with Gasteiger partial charge in [-0.3, -0.25) is 14.9 Å². The number of aliphatic hydroxyl groups is 1. The van der Waals surface area contributed by atoms with E-state index >= 15 is 0 Å². The highest BCUT2D eigenvalue weighted by molar-refractivity contribution is 5.67. The van der Waals surface area contributed by atoms with Gasteiger partial charge in [0.25, 0.3) is 5.69 Å². The lowest BCUT2D eigenvalue weighted by Crippen LogP contribution is -2.20. The zero-order valence-electron chi connectivity index (χ0n) is 10.8. The lowest BCUT2D eigenvalue weighted by molar-refractivity contribution is -0.384. The van der Waals surface area contributed by atoms with Crippen LogP contribution in [0.4, 0.5) is 5.69 Å². The molecule has 0 bridgehead atoms. The fraction of sp³-hybridized carbons (Fsp3) is 0.250. The monoisotopic (exact) mass is 292 g/mol. The number of aromatic nitrogens is 3. The molecule has 1 unspecified atom stereocenters. The minimum absolute atomic E-state index is 0.0196. The van der Waals surface area contributed by atoms with Crippen molar-refractivity contribution in [3.05, 3.63) is 40.7 Å². The third kappa shape index (κ3) is 3.83. The van der Waals surface area contributed by atoms with E-state index < -0.39 is 23.4 Å². The molecule has 0 radical (unpaired) electrons. The van der Waals surface area contributed by atoms with Crippen LogP contribution in [-0.2, 0) is 11.3 Å². The SMILES string of the molecule is O=C(O)CC(O)Cn1cnc(-c2cccc([N+](=O)[O-])c2)n1. The first kappa shape index (κ1) is 14.6. The van der Waals surface area contributed by atoms with Crippen LogP contribution in [0.5, 0.6) is 0 Å². The summed E-state index contributed by atoms with van der Waals surface area (Å²) in [6, 6.07) is 5.85. The molecule has 1 atom stereocenters. The van der Waals surface area contributed by atoms with Gasteiger partial charge in [-0.05, 0) is 0 Å². The number of carboxylic acids is 1. The molecule has 0 aliphatic carbocycles. The molecule has 1 aromatic carbocycles. The number of hydrogen-bond acceptors (Lipinski definition) is 6. The van der Waals surface area contributed by atoms with Crippen molar-refractivity contribution in [1.29, 1.82) is 0 Å². The molecule has 1 heterocycles. The van der Waals surface area contributed by atoms with Crippen LogP contribution in [0.1, 0.15) is 6.42 Å². The van der Waals surface area contributed by atoms with Crippen molar-refractivity contribution >= 4 is 11.7 Å². The molecule has 9 heteroatoms. The Labute approximate surface area is 118 Å². The van der Waals surface area contributed by atoms with E-state index in [1.165, 1.54) is 29.2 Å². The molecule has 0 spiro atoms. The third-order valence-corrected chi connectivity index (χ3v) is 2.66. The molecule has 2 aromatic rings. The number of aliphatic hydroxyl groups excluding tert-OH is 1. The lowest BCUT2D eigenvalue weighted by Gasteiger charge is -2.06. The molecule has 0 fully saturated rings. The lowest BCUT2D eigenvalue weighted by atomic mass is 10.2. The molecular formula is C12H12N4O5. The topological polar surface area (TPSA) is 131 Å². The number of nitro benzene ring substituents is 1. The van der Waals surface area contributed by atoms with Crippen LogP contribution in [0.25, 0.3) is 11.4 Å². The first-order chi connectivity index (χ1) is 9.95. The number of rotatable bonds is 6. The van der Waals surface area contributed by atoms with Gasteiger partial charge >= 0.3 is 5.97 Å². The van der Waals surface area contributed by atoms with E-state index in [1.807, 2.05) is 0 Å². The first-order valence-electron chi connectivity index (χ1n) is 6.00. The van der Waals surface area contributed by atoms with Crippen molar-refractivity contribution in [1.82, 2.24) is 14.8 Å². The van der Waals surface area contributed by atoms with Crippen molar-refractivity contribution in [3.63, 3.8) is 0 Å². The normalized spacial score (nSPS) is 12.0. The van der Waals surface area contributed by atoms with Crippen LogP contribution in [0, 0.1) is 10.1 Å². The number of carbonyl (C=O) groups is 1. The summed E-state index contributed by atoms with van der Waals surface area (Å²) >= 11 is 0. The zero-order valence-corrected chi connectivity index (χ0v) is 10.8. The third-order valence-electron chi connectivity index (χ3n) is 2.66. The minimum atomic E-state index is -1.11. The number of non-ortho nitro benzene ring substituents is 1. The standard InChI is InChI=1S/C12H12N4O5/c17-10(5-11(18)19)6-15-7-13-12(14-15)8-2-1-3-9(4-8)16(20)21/h1-4,7,10,17H,5-6H2,(H,18,19). The van der Waals surface area contributed by atoms with E-state index in [2.05, 4.69) is 10.1 Å². The summed E-state index contributed by atoms with van der Waals surface area (Å²) in [5.74, 6) is -0.845. The predicted octanol–water partition coefficient (Wildman–Crippen LogP) is 0.689. The van der Waals surface area contributed by atoms with E-state index in [4.69, 9.17) is 5.11 Å². The Bertz CT molecular complexity index is 669. The Balaban J connectivity index is 2.14. The average molecular weight is 292 g/mol. The van der Waals surface area contributed by atoms with Crippen molar-refractivity contribution in [2.24, 2.45) is 0 Å². The number of carboxylic acid groups (broad SMARTS) is 1. The summed E-state index contributed by atoms with van der Waals surface area (Å²) in [7, 11) is 0. The molecule has 9 nitrogen and oxygen atoms in total. The number of nitrogens with zero attached hydrogens (tertiary/aromatic N) is 4. The minimum Gasteiger partial charge on any atom is -0.481 e. The van der Waals surface area contributed by atoms with Gasteiger partial charge in [-0.25, -0.2) is 9.67 Å². The molecular weight excluding hydrogens is 280 g/mol. The van der Waals surface area contributed by atoms with E-state index in [0.717, 1.165) is 0 Å². The van der Waals surface area contributed by atoms with Crippen molar-refractivity contribution in [2.75, 3.05) is 0 Å². The quantitative estimate of drug-likeness (QED) is 0.591. The van der Waals surface area contributed by atoms with Gasteiger partial charge in [-0.15, -0.1) is 0 Å². The summed E-state index contributed by atoms with van der Waals surface area (Å²) in [5, 5.41) is 32.8. The van der Waals surface area contributed by atoms with Crippen LogP contribution in [0.3, 0.4) is 0 Å². The van der Waals surface area contributed by atoms with Gasteiger partial charge in [0, 0.05) is 17.7 Å². The van der Waals surface area contributed by atoms with Crippen LogP contribution < -0.4 is 0 Å². The summed E-state index contributed by atoms with van der Waals surface area (Å²) in [6.45, 7) is -0.0196. The van der Waals surface area contributed by atoms with Gasteiger partial charge in [-0.1, -0.05) is 12.1 Å². The van der Waals surface area contributed by atoms with Crippen LogP contribution in [0.2, 0.25) is 0 Å². The molecule has 0 aliphatic heterocycles.